The quantitative estimate of drug-likeness (QED) is 0.512. The number of aromatic amines is 1. The summed E-state index contributed by atoms with van der Waals surface area (Å²) in [6, 6.07) is 13.5. The van der Waals surface area contributed by atoms with Crippen LogP contribution in [0.1, 0.15) is 35.5 Å². The summed E-state index contributed by atoms with van der Waals surface area (Å²) in [5, 5.41) is 9.23. The van der Waals surface area contributed by atoms with Crippen LogP contribution in [-0.4, -0.2) is 21.1 Å². The van der Waals surface area contributed by atoms with Crippen molar-refractivity contribution < 1.29 is 18.0 Å². The maximum absolute atomic E-state index is 12.9. The molecule has 1 unspecified atom stereocenters. The molecule has 2 N–H and O–H groups in total. The summed E-state index contributed by atoms with van der Waals surface area (Å²) < 4.78 is 38.8. The number of H-pyrrole nitrogens is 1. The van der Waals surface area contributed by atoms with Crippen molar-refractivity contribution in [1.29, 1.82) is 0 Å². The molecule has 0 bridgehead atoms. The van der Waals surface area contributed by atoms with E-state index in [1.807, 2.05) is 13.0 Å². The zero-order valence-corrected chi connectivity index (χ0v) is 16.3. The van der Waals surface area contributed by atoms with Crippen LogP contribution in [0, 0.1) is 0 Å². The Bertz CT molecular complexity index is 960. The summed E-state index contributed by atoms with van der Waals surface area (Å²) in [4.78, 5) is 17.3. The third kappa shape index (κ3) is 5.60. The van der Waals surface area contributed by atoms with Gasteiger partial charge in [-0.25, -0.2) is 4.98 Å². The third-order valence-electron chi connectivity index (χ3n) is 4.02. The van der Waals surface area contributed by atoms with E-state index in [9.17, 15) is 18.0 Å². The van der Waals surface area contributed by atoms with Crippen LogP contribution in [0.25, 0.3) is 0 Å². The van der Waals surface area contributed by atoms with Crippen molar-refractivity contribution >= 4 is 23.4 Å². The molecule has 1 heterocycles. The van der Waals surface area contributed by atoms with Crippen LogP contribution in [0.5, 0.6) is 0 Å². The van der Waals surface area contributed by atoms with E-state index in [1.165, 1.54) is 12.1 Å². The number of carbonyl (C=O) groups is 1. The van der Waals surface area contributed by atoms with Crippen molar-refractivity contribution in [1.82, 2.24) is 15.2 Å². The molecule has 3 rings (SSSR count). The average Bonchev–Trinajstić information content (AvgIpc) is 3.14. The lowest BCUT2D eigenvalue weighted by atomic mass is 10.1. The Labute approximate surface area is 170 Å². The monoisotopic (exact) mass is 420 g/mol. The van der Waals surface area contributed by atoms with Crippen molar-refractivity contribution in [2.75, 3.05) is 5.32 Å². The smallest absolute Gasteiger partial charge is 0.325 e. The first-order valence-electron chi connectivity index (χ1n) is 8.98. The first kappa shape index (κ1) is 20.9. The van der Waals surface area contributed by atoms with E-state index in [2.05, 4.69) is 20.5 Å². The Morgan fingerprint density at radius 2 is 1.93 bits per heavy atom. The molecule has 0 spiro atoms. The number of carbonyl (C=O) groups excluding carboxylic acids is 1. The lowest BCUT2D eigenvalue weighted by Gasteiger charge is -2.16. The van der Waals surface area contributed by atoms with Crippen LogP contribution in [0.15, 0.2) is 59.8 Å². The van der Waals surface area contributed by atoms with E-state index in [1.54, 1.807) is 24.3 Å². The van der Waals surface area contributed by atoms with Gasteiger partial charge in [0.2, 0.25) is 11.1 Å². The predicted octanol–water partition coefficient (Wildman–Crippen LogP) is 5.25. The van der Waals surface area contributed by atoms with Gasteiger partial charge in [0, 0.05) is 12.1 Å². The first-order chi connectivity index (χ1) is 13.9. The number of nitrogens with one attached hydrogen (secondary N) is 2. The Kier molecular flexibility index (Phi) is 6.58. The summed E-state index contributed by atoms with van der Waals surface area (Å²) in [5.74, 6) is 0.266. The van der Waals surface area contributed by atoms with Gasteiger partial charge in [-0.2, -0.15) is 13.2 Å². The number of alkyl halides is 3. The summed E-state index contributed by atoms with van der Waals surface area (Å²) in [6.45, 7) is 2.02. The number of benzene rings is 2. The molecule has 0 radical (unpaired) electrons. The van der Waals surface area contributed by atoms with Crippen molar-refractivity contribution in [3.63, 3.8) is 0 Å². The number of nitrogens with zero attached hydrogens (tertiary/aromatic N) is 2. The van der Waals surface area contributed by atoms with E-state index < -0.39 is 22.9 Å². The molecular formula is C20H19F3N4OS. The molecule has 0 saturated heterocycles. The molecule has 3 aromatic rings. The molecule has 2 aromatic carbocycles. The van der Waals surface area contributed by atoms with E-state index in [-0.39, 0.29) is 5.69 Å². The van der Waals surface area contributed by atoms with Gasteiger partial charge in [0.25, 0.3) is 0 Å². The van der Waals surface area contributed by atoms with E-state index in [0.717, 1.165) is 42.6 Å². The molecule has 0 saturated carbocycles. The maximum Gasteiger partial charge on any atom is 0.416 e. The minimum atomic E-state index is -4.48. The fourth-order valence-electron chi connectivity index (χ4n) is 2.67. The zero-order valence-electron chi connectivity index (χ0n) is 15.5. The molecule has 0 aliphatic heterocycles. The minimum absolute atomic E-state index is 0.0769. The molecule has 9 heteroatoms. The predicted molar refractivity (Wildman–Crippen MR) is 105 cm³/mol. The van der Waals surface area contributed by atoms with Crippen LogP contribution < -0.4 is 5.32 Å². The number of hydrogen-bond donors (Lipinski definition) is 2. The van der Waals surface area contributed by atoms with E-state index >= 15 is 0 Å². The first-order valence-corrected chi connectivity index (χ1v) is 9.86. The number of amides is 1. The molecule has 0 aliphatic carbocycles. The second-order valence-electron chi connectivity index (χ2n) is 6.29. The minimum Gasteiger partial charge on any atom is -0.325 e. The van der Waals surface area contributed by atoms with Gasteiger partial charge >= 0.3 is 6.18 Å². The van der Waals surface area contributed by atoms with Crippen molar-refractivity contribution in [2.45, 2.75) is 36.3 Å². The molecule has 0 aliphatic rings. The molecule has 5 nitrogen and oxygen atoms in total. The van der Waals surface area contributed by atoms with Gasteiger partial charge in [0.05, 0.1) is 5.56 Å². The Morgan fingerprint density at radius 1 is 1.17 bits per heavy atom. The molecule has 152 valence electrons. The van der Waals surface area contributed by atoms with Crippen molar-refractivity contribution in [2.24, 2.45) is 0 Å². The lowest BCUT2D eigenvalue weighted by molar-refractivity contribution is -0.137. The number of anilines is 1. The second-order valence-corrected chi connectivity index (χ2v) is 7.36. The number of thioether (sulfide) groups is 1. The number of aromatic nitrogens is 3. The summed E-state index contributed by atoms with van der Waals surface area (Å²) in [5.41, 5.74) is -0.0470. The van der Waals surface area contributed by atoms with Crippen LogP contribution in [0.3, 0.4) is 0 Å². The highest BCUT2D eigenvalue weighted by molar-refractivity contribution is 8.00. The van der Waals surface area contributed by atoms with Gasteiger partial charge in [-0.15, -0.1) is 5.10 Å². The largest absolute Gasteiger partial charge is 0.416 e. The van der Waals surface area contributed by atoms with Crippen molar-refractivity contribution in [3.8, 4) is 0 Å². The van der Waals surface area contributed by atoms with Gasteiger partial charge in [0.15, 0.2) is 0 Å². The number of hydrogen-bond acceptors (Lipinski definition) is 4. The molecule has 0 fully saturated rings. The second kappa shape index (κ2) is 9.13. The van der Waals surface area contributed by atoms with E-state index in [4.69, 9.17) is 0 Å². The SMILES string of the molecule is CCCc1nc(SC(C(=O)Nc2cccc(C(F)(F)F)c2)c2ccccc2)n[nH]1. The average molecular weight is 420 g/mol. The highest BCUT2D eigenvalue weighted by Gasteiger charge is 2.31. The molecule has 1 aromatic heterocycles. The third-order valence-corrected chi connectivity index (χ3v) is 5.13. The van der Waals surface area contributed by atoms with E-state index in [0.29, 0.717) is 10.7 Å². The van der Waals surface area contributed by atoms with Crippen LogP contribution in [0.2, 0.25) is 0 Å². The van der Waals surface area contributed by atoms with Crippen molar-refractivity contribution in [3.05, 3.63) is 71.5 Å². The molecular weight excluding hydrogens is 401 g/mol. The molecule has 29 heavy (non-hydrogen) atoms. The van der Waals surface area contributed by atoms with Gasteiger partial charge in [-0.05, 0) is 30.2 Å². The van der Waals surface area contributed by atoms with Gasteiger partial charge in [-0.1, -0.05) is 55.1 Å². The Morgan fingerprint density at radius 3 is 2.62 bits per heavy atom. The van der Waals surface area contributed by atoms with Gasteiger partial charge < -0.3 is 5.32 Å². The Balaban J connectivity index is 1.83. The normalized spacial score (nSPS) is 12.6. The van der Waals surface area contributed by atoms with Crippen LogP contribution >= 0.6 is 11.8 Å². The topological polar surface area (TPSA) is 70.7 Å². The fourth-order valence-corrected chi connectivity index (χ4v) is 3.60. The molecule has 1 atom stereocenters. The number of aryl methyl sites for hydroxylation is 1. The van der Waals surface area contributed by atoms with Gasteiger partial charge in [0.1, 0.15) is 11.1 Å². The standard InChI is InChI=1S/C20H19F3N4OS/c1-2-7-16-25-19(27-26-16)29-17(13-8-4-3-5-9-13)18(28)24-15-11-6-10-14(12-15)20(21,22)23/h3-6,8-12,17H,2,7H2,1H3,(H,24,28)(H,25,26,27). The Hall–Kier alpha value is -2.81. The fraction of sp³-hybridized carbons (Fsp3) is 0.250. The molecule has 1 amide bonds. The zero-order chi connectivity index (χ0) is 20.9. The summed E-state index contributed by atoms with van der Waals surface area (Å²) >= 11 is 1.14. The highest BCUT2D eigenvalue weighted by atomic mass is 32.2. The highest BCUT2D eigenvalue weighted by Crippen LogP contribution is 2.35. The van der Waals surface area contributed by atoms with Crippen LogP contribution in [0.4, 0.5) is 18.9 Å². The van der Waals surface area contributed by atoms with Crippen LogP contribution in [-0.2, 0) is 17.4 Å². The number of halogens is 3. The number of rotatable bonds is 7. The van der Waals surface area contributed by atoms with Gasteiger partial charge in [-0.3, -0.25) is 9.89 Å². The maximum atomic E-state index is 12.9. The summed E-state index contributed by atoms with van der Waals surface area (Å²) in [7, 11) is 0. The summed E-state index contributed by atoms with van der Waals surface area (Å²) in [6.07, 6.45) is -2.85. The lowest BCUT2D eigenvalue weighted by Crippen LogP contribution is -2.19.